The molecule has 2 amide bonds. The highest BCUT2D eigenvalue weighted by atomic mass is 127. The molecule has 0 spiro atoms. The Bertz CT molecular complexity index is 861. The number of amides is 2. The normalized spacial score (nSPS) is 11.4. The van der Waals surface area contributed by atoms with Gasteiger partial charge in [0.05, 0.1) is 5.71 Å². The number of nitrogens with zero attached hydrogens (tertiary/aromatic N) is 1. The molecule has 0 unspecified atom stereocenters. The Labute approximate surface area is 173 Å². The van der Waals surface area contributed by atoms with Gasteiger partial charge in [-0.2, -0.15) is 5.10 Å². The molecule has 2 aromatic rings. The maximum atomic E-state index is 12.0. The van der Waals surface area contributed by atoms with Crippen LogP contribution < -0.4 is 10.7 Å². The third kappa shape index (κ3) is 7.74. The van der Waals surface area contributed by atoms with E-state index >= 15 is 0 Å². The van der Waals surface area contributed by atoms with Gasteiger partial charge in [0.15, 0.2) is 0 Å². The molecule has 6 heteroatoms. The summed E-state index contributed by atoms with van der Waals surface area (Å²) in [6.07, 6.45) is 3.92. The molecule has 5 nitrogen and oxygen atoms in total. The van der Waals surface area contributed by atoms with Crippen molar-refractivity contribution in [2.75, 3.05) is 5.32 Å². The van der Waals surface area contributed by atoms with Gasteiger partial charge in [-0.1, -0.05) is 36.4 Å². The van der Waals surface area contributed by atoms with Crippen molar-refractivity contribution in [3.05, 3.63) is 69.3 Å². The first-order valence-electron chi connectivity index (χ1n) is 8.56. The summed E-state index contributed by atoms with van der Waals surface area (Å²) in [4.78, 5) is 23.9. The highest BCUT2D eigenvalue weighted by Crippen LogP contribution is 2.17. The first kappa shape index (κ1) is 20.8. The molecule has 0 aliphatic carbocycles. The Balaban J connectivity index is 1.76. The van der Waals surface area contributed by atoms with Gasteiger partial charge in [-0.05, 0) is 71.8 Å². The molecule has 2 aromatic carbocycles. The molecule has 0 atom stereocenters. The smallest absolute Gasteiger partial charge is 0.240 e. The van der Waals surface area contributed by atoms with Crippen molar-refractivity contribution < 1.29 is 9.59 Å². The van der Waals surface area contributed by atoms with E-state index in [0.29, 0.717) is 5.71 Å². The topological polar surface area (TPSA) is 70.6 Å². The fraction of sp³-hybridized carbons (Fsp3) is 0.190. The van der Waals surface area contributed by atoms with Crippen LogP contribution >= 0.6 is 22.6 Å². The molecule has 0 aliphatic heterocycles. The first-order chi connectivity index (χ1) is 12.9. The fourth-order valence-corrected chi connectivity index (χ4v) is 2.88. The van der Waals surface area contributed by atoms with Gasteiger partial charge < -0.3 is 5.32 Å². The molecule has 2 N–H and O–H groups in total. The molecular formula is C21H22IN3O2. The minimum atomic E-state index is -0.294. The SMILES string of the molecule is CC(/C=C/c1ccccc1)=N\NC(=O)CCC(=O)Nc1ccc(I)cc1C. The number of carbonyl (C=O) groups is 2. The van der Waals surface area contributed by atoms with E-state index in [4.69, 9.17) is 0 Å². The van der Waals surface area contributed by atoms with Crippen LogP contribution in [0.1, 0.15) is 30.9 Å². The average molecular weight is 475 g/mol. The van der Waals surface area contributed by atoms with Gasteiger partial charge in [-0.15, -0.1) is 0 Å². The minimum Gasteiger partial charge on any atom is -0.326 e. The molecule has 0 bridgehead atoms. The summed E-state index contributed by atoms with van der Waals surface area (Å²) in [6.45, 7) is 3.73. The van der Waals surface area contributed by atoms with Gasteiger partial charge in [0, 0.05) is 22.1 Å². The van der Waals surface area contributed by atoms with Crippen LogP contribution in [0.5, 0.6) is 0 Å². The quantitative estimate of drug-likeness (QED) is 0.351. The zero-order valence-corrected chi connectivity index (χ0v) is 17.5. The second-order valence-electron chi connectivity index (χ2n) is 6.04. The number of aryl methyl sites for hydroxylation is 1. The lowest BCUT2D eigenvalue weighted by molar-refractivity contribution is -0.124. The predicted molar refractivity (Wildman–Crippen MR) is 118 cm³/mol. The largest absolute Gasteiger partial charge is 0.326 e. The van der Waals surface area contributed by atoms with E-state index in [0.717, 1.165) is 20.4 Å². The standard InChI is InChI=1S/C21H22IN3O2/c1-15-14-18(22)10-11-19(15)23-20(26)12-13-21(27)25-24-16(2)8-9-17-6-4-3-5-7-17/h3-11,14H,12-13H2,1-2H3,(H,23,26)(H,25,27)/b9-8+,24-16+. The molecular weight excluding hydrogens is 453 g/mol. The predicted octanol–water partition coefficient (Wildman–Crippen LogP) is 4.52. The van der Waals surface area contributed by atoms with E-state index in [-0.39, 0.29) is 24.7 Å². The van der Waals surface area contributed by atoms with Crippen LogP contribution in [0.25, 0.3) is 6.08 Å². The van der Waals surface area contributed by atoms with Crippen molar-refractivity contribution in [3.63, 3.8) is 0 Å². The Hall–Kier alpha value is -2.48. The fourth-order valence-electron chi connectivity index (χ4n) is 2.23. The molecule has 0 saturated carbocycles. The lowest BCUT2D eigenvalue weighted by atomic mass is 10.2. The van der Waals surface area contributed by atoms with Crippen molar-refractivity contribution in [2.24, 2.45) is 5.10 Å². The minimum absolute atomic E-state index is 0.0778. The van der Waals surface area contributed by atoms with E-state index < -0.39 is 0 Å². The number of hydrazone groups is 1. The number of hydrogen-bond acceptors (Lipinski definition) is 3. The summed E-state index contributed by atoms with van der Waals surface area (Å²) in [5.41, 5.74) is 5.96. The maximum absolute atomic E-state index is 12.0. The van der Waals surface area contributed by atoms with Crippen LogP contribution in [0.2, 0.25) is 0 Å². The van der Waals surface area contributed by atoms with Crippen molar-refractivity contribution >= 4 is 51.9 Å². The van der Waals surface area contributed by atoms with E-state index in [1.165, 1.54) is 0 Å². The summed E-state index contributed by atoms with van der Waals surface area (Å²) in [5.74, 6) is -0.490. The third-order valence-corrected chi connectivity index (χ3v) is 4.39. The number of halogens is 1. The summed E-state index contributed by atoms with van der Waals surface area (Å²) >= 11 is 2.22. The zero-order valence-electron chi connectivity index (χ0n) is 15.3. The van der Waals surface area contributed by atoms with Crippen LogP contribution in [0, 0.1) is 10.5 Å². The number of hydrogen-bond donors (Lipinski definition) is 2. The zero-order chi connectivity index (χ0) is 19.6. The van der Waals surface area contributed by atoms with Crippen LogP contribution in [-0.4, -0.2) is 17.5 Å². The molecule has 140 valence electrons. The monoisotopic (exact) mass is 475 g/mol. The summed E-state index contributed by atoms with van der Waals surface area (Å²) in [6, 6.07) is 15.6. The second-order valence-corrected chi connectivity index (χ2v) is 7.29. The Morgan fingerprint density at radius 2 is 1.78 bits per heavy atom. The second kappa shape index (κ2) is 10.6. The van der Waals surface area contributed by atoms with Gasteiger partial charge in [0.1, 0.15) is 0 Å². The van der Waals surface area contributed by atoms with Gasteiger partial charge in [-0.25, -0.2) is 5.43 Å². The van der Waals surface area contributed by atoms with Crippen LogP contribution in [0.3, 0.4) is 0 Å². The van der Waals surface area contributed by atoms with Crippen molar-refractivity contribution in [2.45, 2.75) is 26.7 Å². The highest BCUT2D eigenvalue weighted by molar-refractivity contribution is 14.1. The van der Waals surface area contributed by atoms with E-state index in [9.17, 15) is 9.59 Å². The summed E-state index contributed by atoms with van der Waals surface area (Å²) in [5, 5.41) is 6.85. The molecule has 27 heavy (non-hydrogen) atoms. The number of allylic oxidation sites excluding steroid dienone is 1. The van der Waals surface area contributed by atoms with Gasteiger partial charge in [0.2, 0.25) is 11.8 Å². The average Bonchev–Trinajstić information content (AvgIpc) is 2.66. The van der Waals surface area contributed by atoms with Gasteiger partial charge >= 0.3 is 0 Å². The van der Waals surface area contributed by atoms with Crippen LogP contribution in [0.4, 0.5) is 5.69 Å². The van der Waals surface area contributed by atoms with E-state index in [1.54, 1.807) is 6.92 Å². The van der Waals surface area contributed by atoms with Gasteiger partial charge in [-0.3, -0.25) is 9.59 Å². The van der Waals surface area contributed by atoms with Crippen molar-refractivity contribution in [3.8, 4) is 0 Å². The molecule has 0 saturated heterocycles. The molecule has 2 rings (SSSR count). The van der Waals surface area contributed by atoms with Gasteiger partial charge in [0.25, 0.3) is 0 Å². The summed E-state index contributed by atoms with van der Waals surface area (Å²) < 4.78 is 1.11. The molecule has 0 aromatic heterocycles. The Morgan fingerprint density at radius 1 is 1.07 bits per heavy atom. The number of benzene rings is 2. The van der Waals surface area contributed by atoms with E-state index in [2.05, 4.69) is 38.4 Å². The highest BCUT2D eigenvalue weighted by Gasteiger charge is 2.08. The maximum Gasteiger partial charge on any atom is 0.240 e. The number of nitrogens with one attached hydrogen (secondary N) is 2. The summed E-state index contributed by atoms with van der Waals surface area (Å²) in [7, 11) is 0. The Morgan fingerprint density at radius 3 is 2.48 bits per heavy atom. The van der Waals surface area contributed by atoms with Crippen molar-refractivity contribution in [1.29, 1.82) is 0 Å². The molecule has 0 radical (unpaired) electrons. The first-order valence-corrected chi connectivity index (χ1v) is 9.64. The lowest BCUT2D eigenvalue weighted by Crippen LogP contribution is -2.21. The molecule has 0 aliphatic rings. The lowest BCUT2D eigenvalue weighted by Gasteiger charge is -2.08. The molecule has 0 fully saturated rings. The van der Waals surface area contributed by atoms with Crippen LogP contribution in [0.15, 0.2) is 59.7 Å². The Kier molecular flexibility index (Phi) is 8.19. The van der Waals surface area contributed by atoms with Crippen molar-refractivity contribution in [1.82, 2.24) is 5.43 Å². The number of carbonyl (C=O) groups excluding carboxylic acids is 2. The van der Waals surface area contributed by atoms with Crippen LogP contribution in [-0.2, 0) is 9.59 Å². The number of rotatable bonds is 7. The molecule has 0 heterocycles. The number of anilines is 1. The third-order valence-electron chi connectivity index (χ3n) is 3.72. The van der Waals surface area contributed by atoms with E-state index in [1.807, 2.05) is 67.6 Å².